The Hall–Kier alpha value is -0.0900. The normalized spacial score (nSPS) is 33.4. The van der Waals surface area contributed by atoms with Crippen molar-refractivity contribution in [3.63, 3.8) is 0 Å². The summed E-state index contributed by atoms with van der Waals surface area (Å²) in [7, 11) is 0. The van der Waals surface area contributed by atoms with E-state index >= 15 is 0 Å². The molecule has 3 atom stereocenters. The molecule has 0 radical (unpaired) electrons. The van der Waals surface area contributed by atoms with E-state index in [0.717, 1.165) is 39.0 Å². The van der Waals surface area contributed by atoms with Gasteiger partial charge in [0.2, 0.25) is 5.91 Å². The van der Waals surface area contributed by atoms with Crippen LogP contribution in [0, 0.1) is 5.92 Å². The number of carbonyl (C=O) groups is 1. The van der Waals surface area contributed by atoms with Gasteiger partial charge in [-0.3, -0.25) is 4.79 Å². The maximum Gasteiger partial charge on any atom is 0.222 e. The van der Waals surface area contributed by atoms with Crippen molar-refractivity contribution in [3.05, 3.63) is 0 Å². The van der Waals surface area contributed by atoms with Gasteiger partial charge in [-0.05, 0) is 38.0 Å². The van der Waals surface area contributed by atoms with Gasteiger partial charge in [0.25, 0.3) is 0 Å². The second-order valence-electron chi connectivity index (χ2n) is 5.65. The summed E-state index contributed by atoms with van der Waals surface area (Å²) >= 11 is 3.67. The van der Waals surface area contributed by atoms with Crippen LogP contribution < -0.4 is 0 Å². The Balaban J connectivity index is 1.70. The topological polar surface area (TPSA) is 29.5 Å². The molecule has 2 fully saturated rings. The molecule has 0 saturated carbocycles. The van der Waals surface area contributed by atoms with Crippen molar-refractivity contribution in [1.29, 1.82) is 0 Å². The van der Waals surface area contributed by atoms with E-state index < -0.39 is 0 Å². The number of carbonyl (C=O) groups excluding carboxylic acids is 1. The number of hydrogen-bond donors (Lipinski definition) is 0. The van der Waals surface area contributed by atoms with Crippen LogP contribution in [0.1, 0.15) is 45.4 Å². The van der Waals surface area contributed by atoms with Crippen molar-refractivity contribution in [2.75, 3.05) is 19.7 Å². The van der Waals surface area contributed by atoms with Crippen molar-refractivity contribution >= 4 is 21.8 Å². The van der Waals surface area contributed by atoms with Crippen LogP contribution in [0.15, 0.2) is 0 Å². The number of likely N-dealkylation sites (tertiary alicyclic amines) is 1. The molecule has 2 saturated heterocycles. The second kappa shape index (κ2) is 6.90. The molecular weight excluding hydrogens is 294 g/mol. The van der Waals surface area contributed by atoms with Crippen LogP contribution in [0.5, 0.6) is 0 Å². The lowest BCUT2D eigenvalue weighted by Crippen LogP contribution is -2.43. The van der Waals surface area contributed by atoms with Gasteiger partial charge in [0.1, 0.15) is 0 Å². The summed E-state index contributed by atoms with van der Waals surface area (Å²) in [6.07, 6.45) is 6.53. The van der Waals surface area contributed by atoms with Gasteiger partial charge in [-0.1, -0.05) is 22.9 Å². The smallest absolute Gasteiger partial charge is 0.222 e. The molecule has 104 valence electrons. The molecule has 2 aliphatic heterocycles. The quantitative estimate of drug-likeness (QED) is 0.749. The predicted octanol–water partition coefficient (Wildman–Crippen LogP) is 2.97. The maximum atomic E-state index is 12.1. The van der Waals surface area contributed by atoms with Crippen LogP contribution in [0.4, 0.5) is 0 Å². The second-order valence-corrected chi connectivity index (χ2v) is 6.83. The van der Waals surface area contributed by atoms with Crippen LogP contribution in [0.3, 0.4) is 0 Å². The minimum atomic E-state index is 0.315. The van der Waals surface area contributed by atoms with Gasteiger partial charge in [-0.25, -0.2) is 0 Å². The van der Waals surface area contributed by atoms with Crippen LogP contribution >= 0.6 is 15.9 Å². The summed E-state index contributed by atoms with van der Waals surface area (Å²) in [5.74, 6) is 0.879. The molecule has 0 spiro atoms. The molecule has 0 aromatic rings. The molecule has 0 N–H and O–H groups in total. The van der Waals surface area contributed by atoms with E-state index in [1.807, 2.05) is 4.90 Å². The van der Waals surface area contributed by atoms with E-state index in [1.165, 1.54) is 12.8 Å². The molecule has 0 aromatic carbocycles. The molecular formula is C14H24BrNO2. The SMILES string of the molecule is CC1CN(C(=O)CCC2CCCCO2)CCC1Br. The fraction of sp³-hybridized carbons (Fsp3) is 0.929. The first-order valence-electron chi connectivity index (χ1n) is 7.20. The summed E-state index contributed by atoms with van der Waals surface area (Å²) in [5, 5.41) is 0. The lowest BCUT2D eigenvalue weighted by atomic mass is 9.99. The summed E-state index contributed by atoms with van der Waals surface area (Å²) in [4.78, 5) is 14.8. The molecule has 2 rings (SSSR count). The summed E-state index contributed by atoms with van der Waals surface area (Å²) in [6.45, 7) is 4.90. The van der Waals surface area contributed by atoms with E-state index in [1.54, 1.807) is 0 Å². The lowest BCUT2D eigenvalue weighted by molar-refractivity contribution is -0.133. The van der Waals surface area contributed by atoms with E-state index in [-0.39, 0.29) is 0 Å². The molecule has 2 heterocycles. The highest BCUT2D eigenvalue weighted by Crippen LogP contribution is 2.24. The molecule has 4 heteroatoms. The Labute approximate surface area is 118 Å². The third-order valence-corrected chi connectivity index (χ3v) is 5.47. The first-order chi connectivity index (χ1) is 8.66. The van der Waals surface area contributed by atoms with Gasteiger partial charge in [0.15, 0.2) is 0 Å². The minimum absolute atomic E-state index is 0.315. The average Bonchev–Trinajstić information content (AvgIpc) is 2.40. The standard InChI is InChI=1S/C14H24BrNO2/c1-11-10-16(8-7-13(11)15)14(17)6-5-12-4-2-3-9-18-12/h11-13H,2-10H2,1H3. The third-order valence-electron chi connectivity index (χ3n) is 4.11. The highest BCUT2D eigenvalue weighted by atomic mass is 79.9. The Morgan fingerprint density at radius 3 is 2.89 bits per heavy atom. The van der Waals surface area contributed by atoms with Crippen LogP contribution in [0.2, 0.25) is 0 Å². The largest absolute Gasteiger partial charge is 0.378 e. The van der Waals surface area contributed by atoms with Crippen molar-refractivity contribution in [1.82, 2.24) is 4.90 Å². The zero-order valence-electron chi connectivity index (χ0n) is 11.2. The molecule has 0 aliphatic carbocycles. The number of hydrogen-bond acceptors (Lipinski definition) is 2. The Kier molecular flexibility index (Phi) is 5.49. The Morgan fingerprint density at radius 1 is 1.39 bits per heavy atom. The highest BCUT2D eigenvalue weighted by molar-refractivity contribution is 9.09. The third kappa shape index (κ3) is 3.95. The molecule has 18 heavy (non-hydrogen) atoms. The van der Waals surface area contributed by atoms with Crippen LogP contribution in [0.25, 0.3) is 0 Å². The molecule has 3 unspecified atom stereocenters. The fourth-order valence-electron chi connectivity index (χ4n) is 2.82. The van der Waals surface area contributed by atoms with Crippen molar-refractivity contribution < 1.29 is 9.53 Å². The van der Waals surface area contributed by atoms with Gasteiger partial charge in [-0.15, -0.1) is 0 Å². The van der Waals surface area contributed by atoms with Crippen LogP contribution in [-0.4, -0.2) is 41.4 Å². The van der Waals surface area contributed by atoms with E-state index in [2.05, 4.69) is 22.9 Å². The summed E-state index contributed by atoms with van der Waals surface area (Å²) in [5.41, 5.74) is 0. The molecule has 0 bridgehead atoms. The number of piperidine rings is 1. The lowest BCUT2D eigenvalue weighted by Gasteiger charge is -2.34. The first-order valence-corrected chi connectivity index (χ1v) is 8.12. The molecule has 3 nitrogen and oxygen atoms in total. The number of amides is 1. The Bertz CT molecular complexity index is 279. The number of nitrogens with zero attached hydrogens (tertiary/aromatic N) is 1. The number of halogens is 1. The molecule has 2 aliphatic rings. The average molecular weight is 318 g/mol. The highest BCUT2D eigenvalue weighted by Gasteiger charge is 2.27. The van der Waals surface area contributed by atoms with Crippen molar-refractivity contribution in [2.45, 2.75) is 56.4 Å². The first kappa shape index (κ1) is 14.3. The zero-order chi connectivity index (χ0) is 13.0. The van der Waals surface area contributed by atoms with Crippen molar-refractivity contribution in [2.24, 2.45) is 5.92 Å². The van der Waals surface area contributed by atoms with E-state index in [0.29, 0.717) is 29.2 Å². The fourth-order valence-corrected chi connectivity index (χ4v) is 3.19. The van der Waals surface area contributed by atoms with Gasteiger partial charge in [0.05, 0.1) is 6.10 Å². The number of ether oxygens (including phenoxy) is 1. The van der Waals surface area contributed by atoms with E-state index in [9.17, 15) is 4.79 Å². The molecule has 1 amide bonds. The van der Waals surface area contributed by atoms with Gasteiger partial charge < -0.3 is 9.64 Å². The van der Waals surface area contributed by atoms with Gasteiger partial charge in [-0.2, -0.15) is 0 Å². The summed E-state index contributed by atoms with van der Waals surface area (Å²) in [6, 6.07) is 0. The monoisotopic (exact) mass is 317 g/mol. The zero-order valence-corrected chi connectivity index (χ0v) is 12.8. The van der Waals surface area contributed by atoms with Crippen molar-refractivity contribution in [3.8, 4) is 0 Å². The van der Waals surface area contributed by atoms with E-state index in [4.69, 9.17) is 4.74 Å². The number of rotatable bonds is 3. The molecule has 0 aromatic heterocycles. The minimum Gasteiger partial charge on any atom is -0.378 e. The van der Waals surface area contributed by atoms with Gasteiger partial charge in [0, 0.05) is 30.9 Å². The maximum absolute atomic E-state index is 12.1. The summed E-state index contributed by atoms with van der Waals surface area (Å²) < 4.78 is 5.68. The predicted molar refractivity (Wildman–Crippen MR) is 75.9 cm³/mol. The number of alkyl halides is 1. The van der Waals surface area contributed by atoms with Crippen LogP contribution in [-0.2, 0) is 9.53 Å². The van der Waals surface area contributed by atoms with Gasteiger partial charge >= 0.3 is 0 Å². The Morgan fingerprint density at radius 2 is 2.22 bits per heavy atom.